The Balaban J connectivity index is 1.58. The molecule has 2 amide bonds. The number of anilines is 1. The van der Waals surface area contributed by atoms with Gasteiger partial charge in [-0.25, -0.2) is 4.39 Å². The van der Waals surface area contributed by atoms with E-state index in [9.17, 15) is 14.0 Å². The standard InChI is InChI=1S/C19H26FN3O2/c1-14-11-15(2)13-23(12-14)19(25)18(24)22-9-7-21(8-10-22)17-6-4-3-5-16(17)20/h3-6,14-15H,7-13H2,1-2H3. The third-order valence-corrected chi connectivity index (χ3v) is 5.10. The molecule has 0 aromatic heterocycles. The van der Waals surface area contributed by atoms with Crippen LogP contribution in [0.15, 0.2) is 24.3 Å². The van der Waals surface area contributed by atoms with E-state index in [0.29, 0.717) is 56.8 Å². The van der Waals surface area contributed by atoms with Crippen molar-refractivity contribution in [2.75, 3.05) is 44.2 Å². The third-order valence-electron chi connectivity index (χ3n) is 5.10. The van der Waals surface area contributed by atoms with Crippen molar-refractivity contribution in [2.45, 2.75) is 20.3 Å². The largest absolute Gasteiger partial charge is 0.366 e. The summed E-state index contributed by atoms with van der Waals surface area (Å²) in [6, 6.07) is 6.65. The first-order valence-electron chi connectivity index (χ1n) is 9.03. The van der Waals surface area contributed by atoms with Crippen molar-refractivity contribution >= 4 is 17.5 Å². The van der Waals surface area contributed by atoms with Crippen LogP contribution in [0.2, 0.25) is 0 Å². The predicted molar refractivity (Wildman–Crippen MR) is 94.7 cm³/mol. The minimum atomic E-state index is -0.422. The van der Waals surface area contributed by atoms with Crippen LogP contribution in [0.1, 0.15) is 20.3 Å². The molecular weight excluding hydrogens is 321 g/mol. The highest BCUT2D eigenvalue weighted by Crippen LogP contribution is 2.22. The molecule has 1 aromatic carbocycles. The van der Waals surface area contributed by atoms with E-state index in [1.165, 1.54) is 6.07 Å². The van der Waals surface area contributed by atoms with E-state index in [-0.39, 0.29) is 5.82 Å². The summed E-state index contributed by atoms with van der Waals surface area (Å²) in [5, 5.41) is 0. The minimum Gasteiger partial charge on any atom is -0.366 e. The smallest absolute Gasteiger partial charge is 0.312 e. The molecule has 2 aliphatic rings. The first-order valence-corrected chi connectivity index (χ1v) is 9.03. The molecule has 0 N–H and O–H groups in total. The number of nitrogens with zero attached hydrogens (tertiary/aromatic N) is 3. The third kappa shape index (κ3) is 3.94. The van der Waals surface area contributed by atoms with E-state index < -0.39 is 11.8 Å². The number of amides is 2. The fourth-order valence-electron chi connectivity index (χ4n) is 3.96. The maximum absolute atomic E-state index is 13.9. The Morgan fingerprint density at radius 1 is 0.920 bits per heavy atom. The average Bonchev–Trinajstić information content (AvgIpc) is 2.60. The van der Waals surface area contributed by atoms with Crippen LogP contribution < -0.4 is 4.90 Å². The number of benzene rings is 1. The number of rotatable bonds is 1. The van der Waals surface area contributed by atoms with E-state index in [4.69, 9.17) is 0 Å². The molecule has 5 nitrogen and oxygen atoms in total. The molecule has 2 heterocycles. The first-order chi connectivity index (χ1) is 12.0. The summed E-state index contributed by atoms with van der Waals surface area (Å²) >= 11 is 0. The Hall–Kier alpha value is -2.11. The van der Waals surface area contributed by atoms with Gasteiger partial charge in [0.25, 0.3) is 0 Å². The summed E-state index contributed by atoms with van der Waals surface area (Å²) in [4.78, 5) is 30.3. The number of piperazine rings is 1. The Morgan fingerprint density at radius 2 is 1.48 bits per heavy atom. The lowest BCUT2D eigenvalue weighted by Crippen LogP contribution is -2.55. The molecular formula is C19H26FN3O2. The van der Waals surface area contributed by atoms with Crippen molar-refractivity contribution in [1.29, 1.82) is 0 Å². The van der Waals surface area contributed by atoms with Crippen LogP contribution in [0, 0.1) is 17.7 Å². The van der Waals surface area contributed by atoms with Gasteiger partial charge in [-0.15, -0.1) is 0 Å². The minimum absolute atomic E-state index is 0.255. The molecule has 2 saturated heterocycles. The Kier molecular flexibility index (Phi) is 5.25. The second kappa shape index (κ2) is 7.42. The Bertz CT molecular complexity index is 633. The van der Waals surface area contributed by atoms with Gasteiger partial charge in [0.05, 0.1) is 5.69 Å². The van der Waals surface area contributed by atoms with Crippen molar-refractivity contribution < 1.29 is 14.0 Å². The quantitative estimate of drug-likeness (QED) is 0.730. The molecule has 2 unspecified atom stereocenters. The highest BCUT2D eigenvalue weighted by Gasteiger charge is 2.33. The monoisotopic (exact) mass is 347 g/mol. The van der Waals surface area contributed by atoms with E-state index in [0.717, 1.165) is 6.42 Å². The van der Waals surface area contributed by atoms with Crippen LogP contribution in [-0.2, 0) is 9.59 Å². The molecule has 0 radical (unpaired) electrons. The van der Waals surface area contributed by atoms with Crippen molar-refractivity contribution in [3.63, 3.8) is 0 Å². The molecule has 2 atom stereocenters. The van der Waals surface area contributed by atoms with Gasteiger partial charge in [0, 0.05) is 39.3 Å². The van der Waals surface area contributed by atoms with Gasteiger partial charge in [0.1, 0.15) is 5.82 Å². The van der Waals surface area contributed by atoms with Crippen molar-refractivity contribution in [2.24, 2.45) is 11.8 Å². The van der Waals surface area contributed by atoms with Crippen molar-refractivity contribution in [3.8, 4) is 0 Å². The van der Waals surface area contributed by atoms with Gasteiger partial charge >= 0.3 is 11.8 Å². The SMILES string of the molecule is CC1CC(C)CN(C(=O)C(=O)N2CCN(c3ccccc3F)CC2)C1. The second-order valence-corrected chi connectivity index (χ2v) is 7.39. The number of carbonyl (C=O) groups is 2. The number of piperidine rings is 1. The molecule has 25 heavy (non-hydrogen) atoms. The van der Waals surface area contributed by atoms with Crippen LogP contribution in [0.4, 0.5) is 10.1 Å². The summed E-state index contributed by atoms with van der Waals surface area (Å²) < 4.78 is 13.9. The molecule has 2 aliphatic heterocycles. The fourth-order valence-corrected chi connectivity index (χ4v) is 3.96. The van der Waals surface area contributed by atoms with E-state index in [2.05, 4.69) is 13.8 Å². The molecule has 6 heteroatoms. The molecule has 0 bridgehead atoms. The number of likely N-dealkylation sites (tertiary alicyclic amines) is 1. The van der Waals surface area contributed by atoms with Gasteiger partial charge in [0.15, 0.2) is 0 Å². The maximum atomic E-state index is 13.9. The lowest BCUT2D eigenvalue weighted by atomic mass is 9.92. The second-order valence-electron chi connectivity index (χ2n) is 7.39. The Labute approximate surface area is 148 Å². The number of hydrogen-bond donors (Lipinski definition) is 0. The first kappa shape index (κ1) is 17.7. The van der Waals surface area contributed by atoms with Gasteiger partial charge in [-0.1, -0.05) is 26.0 Å². The molecule has 3 rings (SSSR count). The zero-order chi connectivity index (χ0) is 18.0. The van der Waals surface area contributed by atoms with Gasteiger partial charge in [0.2, 0.25) is 0 Å². The summed E-state index contributed by atoms with van der Waals surface area (Å²) in [5.74, 6) is -0.210. The number of carbonyl (C=O) groups excluding carboxylic acids is 2. The highest BCUT2D eigenvalue weighted by molar-refractivity contribution is 6.35. The maximum Gasteiger partial charge on any atom is 0.312 e. The average molecular weight is 347 g/mol. The predicted octanol–water partition coefficient (Wildman–Crippen LogP) is 1.98. The normalized spacial score (nSPS) is 24.4. The molecule has 136 valence electrons. The lowest BCUT2D eigenvalue weighted by molar-refractivity contribution is -0.153. The highest BCUT2D eigenvalue weighted by atomic mass is 19.1. The lowest BCUT2D eigenvalue weighted by Gasteiger charge is -2.38. The fraction of sp³-hybridized carbons (Fsp3) is 0.579. The van der Waals surface area contributed by atoms with Crippen molar-refractivity contribution in [3.05, 3.63) is 30.1 Å². The molecule has 2 fully saturated rings. The van der Waals surface area contributed by atoms with E-state index >= 15 is 0 Å². The van der Waals surface area contributed by atoms with E-state index in [1.807, 2.05) is 4.90 Å². The van der Waals surface area contributed by atoms with Crippen LogP contribution in [-0.4, -0.2) is 60.9 Å². The molecule has 0 saturated carbocycles. The number of hydrogen-bond acceptors (Lipinski definition) is 3. The van der Waals surface area contributed by atoms with Gasteiger partial charge in [-0.2, -0.15) is 0 Å². The van der Waals surface area contributed by atoms with Crippen LogP contribution in [0.3, 0.4) is 0 Å². The molecule has 0 aliphatic carbocycles. The summed E-state index contributed by atoms with van der Waals surface area (Å²) in [6.45, 7) is 7.50. The summed E-state index contributed by atoms with van der Waals surface area (Å²) in [7, 11) is 0. The van der Waals surface area contributed by atoms with E-state index in [1.54, 1.807) is 28.0 Å². The van der Waals surface area contributed by atoms with Crippen LogP contribution in [0.5, 0.6) is 0 Å². The number of para-hydroxylation sites is 1. The van der Waals surface area contributed by atoms with Crippen molar-refractivity contribution in [1.82, 2.24) is 9.80 Å². The van der Waals surface area contributed by atoms with Gasteiger partial charge in [-0.05, 0) is 30.4 Å². The van der Waals surface area contributed by atoms with Gasteiger partial charge in [-0.3, -0.25) is 9.59 Å². The Morgan fingerprint density at radius 3 is 2.08 bits per heavy atom. The molecule has 0 spiro atoms. The molecule has 1 aromatic rings. The number of halogens is 1. The zero-order valence-corrected chi connectivity index (χ0v) is 14.9. The summed E-state index contributed by atoms with van der Waals surface area (Å²) in [6.07, 6.45) is 1.10. The van der Waals surface area contributed by atoms with Gasteiger partial charge < -0.3 is 14.7 Å². The van der Waals surface area contributed by atoms with Crippen LogP contribution >= 0.6 is 0 Å². The topological polar surface area (TPSA) is 43.9 Å². The zero-order valence-electron chi connectivity index (χ0n) is 14.9. The summed E-state index contributed by atoms with van der Waals surface area (Å²) in [5.41, 5.74) is 0.555. The van der Waals surface area contributed by atoms with Crippen LogP contribution in [0.25, 0.3) is 0 Å².